The number of aromatic amines is 1. The van der Waals surface area contributed by atoms with Crippen molar-refractivity contribution in [1.82, 2.24) is 9.97 Å². The van der Waals surface area contributed by atoms with Gasteiger partial charge in [0.1, 0.15) is 0 Å². The summed E-state index contributed by atoms with van der Waals surface area (Å²) < 4.78 is 34.4. The molecule has 8 nitrogen and oxygen atoms in total. The summed E-state index contributed by atoms with van der Waals surface area (Å²) in [5.74, 6) is 0.916. The summed E-state index contributed by atoms with van der Waals surface area (Å²) >= 11 is 0. The number of carbonyl (C=O) groups excluding carboxylic acids is 1. The number of aromatic nitrogens is 2. The number of rotatable bonds is 4. The van der Waals surface area contributed by atoms with Gasteiger partial charge in [-0.05, 0) is 48.5 Å². The van der Waals surface area contributed by atoms with Crippen LogP contribution < -0.4 is 10.0 Å². The van der Waals surface area contributed by atoms with E-state index in [4.69, 9.17) is 4.42 Å². The van der Waals surface area contributed by atoms with Crippen molar-refractivity contribution in [2.45, 2.75) is 4.90 Å². The fraction of sp³-hybridized carbons (Fsp3) is 0. The van der Waals surface area contributed by atoms with Crippen LogP contribution in [0.1, 0.15) is 10.4 Å². The molecule has 1 amide bonds. The molecule has 1 aliphatic rings. The van der Waals surface area contributed by atoms with Gasteiger partial charge in [0.2, 0.25) is 0 Å². The summed E-state index contributed by atoms with van der Waals surface area (Å²) in [5.41, 5.74) is 2.82. The molecule has 31 heavy (non-hydrogen) atoms. The molecule has 0 radical (unpaired) electrons. The van der Waals surface area contributed by atoms with Crippen LogP contribution in [0.3, 0.4) is 0 Å². The van der Waals surface area contributed by atoms with Gasteiger partial charge in [-0.25, -0.2) is 13.4 Å². The van der Waals surface area contributed by atoms with Gasteiger partial charge in [-0.3, -0.25) is 9.52 Å². The number of amides is 1. The number of hydrogen-bond acceptors (Lipinski definition) is 5. The van der Waals surface area contributed by atoms with Gasteiger partial charge in [0.15, 0.2) is 11.6 Å². The average Bonchev–Trinajstić information content (AvgIpc) is 3.47. The Balaban J connectivity index is 1.41. The van der Waals surface area contributed by atoms with Gasteiger partial charge in [0, 0.05) is 22.0 Å². The van der Waals surface area contributed by atoms with E-state index in [2.05, 4.69) is 20.0 Å². The number of nitrogens with zero attached hydrogens (tertiary/aromatic N) is 1. The van der Waals surface area contributed by atoms with Crippen molar-refractivity contribution in [2.75, 3.05) is 10.0 Å². The highest BCUT2D eigenvalue weighted by Gasteiger charge is 2.26. The van der Waals surface area contributed by atoms with E-state index in [9.17, 15) is 13.2 Å². The second kappa shape index (κ2) is 6.19. The Morgan fingerprint density at radius 2 is 1.90 bits per heavy atom. The Hall–Kier alpha value is -4.11. The maximum absolute atomic E-state index is 13.2. The Kier molecular flexibility index (Phi) is 3.54. The van der Waals surface area contributed by atoms with Crippen LogP contribution in [-0.2, 0) is 10.0 Å². The summed E-state index contributed by atoms with van der Waals surface area (Å²) in [6.07, 6.45) is 1.56. The second-order valence-electron chi connectivity index (χ2n) is 7.19. The van der Waals surface area contributed by atoms with Crippen LogP contribution in [0.15, 0.2) is 76.2 Å². The zero-order valence-electron chi connectivity index (χ0n) is 15.8. The molecule has 3 heterocycles. The topological polar surface area (TPSA) is 117 Å². The Morgan fingerprint density at radius 3 is 2.74 bits per heavy atom. The maximum Gasteiger partial charge on any atom is 0.262 e. The largest absolute Gasteiger partial charge is 0.461 e. The number of anilines is 2. The lowest BCUT2D eigenvalue weighted by Crippen LogP contribution is -2.13. The molecular weight excluding hydrogens is 416 g/mol. The predicted molar refractivity (Wildman–Crippen MR) is 117 cm³/mol. The van der Waals surface area contributed by atoms with Gasteiger partial charge in [-0.2, -0.15) is 0 Å². The van der Waals surface area contributed by atoms with Gasteiger partial charge < -0.3 is 14.7 Å². The van der Waals surface area contributed by atoms with Crippen molar-refractivity contribution in [3.8, 4) is 11.6 Å². The Labute approximate surface area is 176 Å². The fourth-order valence-corrected chi connectivity index (χ4v) is 5.16. The number of furan rings is 1. The third-order valence-electron chi connectivity index (χ3n) is 5.27. The number of benzene rings is 3. The number of imidazole rings is 1. The smallest absolute Gasteiger partial charge is 0.262 e. The molecule has 2 aromatic heterocycles. The summed E-state index contributed by atoms with van der Waals surface area (Å²) in [6.45, 7) is 0. The number of nitrogens with one attached hydrogen (secondary N) is 3. The van der Waals surface area contributed by atoms with Gasteiger partial charge in [0.05, 0.1) is 27.9 Å². The Bertz CT molecular complexity index is 1620. The van der Waals surface area contributed by atoms with E-state index in [0.29, 0.717) is 50.3 Å². The lowest BCUT2D eigenvalue weighted by atomic mass is 10.1. The minimum atomic E-state index is -3.91. The van der Waals surface area contributed by atoms with E-state index in [1.54, 1.807) is 60.9 Å². The molecule has 6 rings (SSSR count). The van der Waals surface area contributed by atoms with E-state index >= 15 is 0 Å². The first-order chi connectivity index (χ1) is 15.0. The third kappa shape index (κ3) is 2.71. The predicted octanol–water partition coefficient (Wildman–Crippen LogP) is 4.34. The van der Waals surface area contributed by atoms with Gasteiger partial charge in [-0.1, -0.05) is 12.1 Å². The van der Waals surface area contributed by atoms with E-state index in [-0.39, 0.29) is 10.8 Å². The SMILES string of the molecule is O=C1Nc2ccc(S(=O)(=O)Nc3ccc4nc(-c5ccco5)[nH]c4c3)c3cccc1c23. The van der Waals surface area contributed by atoms with Crippen LogP contribution >= 0.6 is 0 Å². The third-order valence-corrected chi connectivity index (χ3v) is 6.71. The van der Waals surface area contributed by atoms with Crippen LogP contribution in [0.5, 0.6) is 0 Å². The van der Waals surface area contributed by atoms with Crippen molar-refractivity contribution in [3.63, 3.8) is 0 Å². The van der Waals surface area contributed by atoms with E-state index in [0.717, 1.165) is 0 Å². The van der Waals surface area contributed by atoms with Gasteiger partial charge >= 0.3 is 0 Å². The molecule has 0 fully saturated rings. The molecule has 0 spiro atoms. The Morgan fingerprint density at radius 1 is 1.00 bits per heavy atom. The van der Waals surface area contributed by atoms with Crippen LogP contribution in [-0.4, -0.2) is 24.3 Å². The number of H-pyrrole nitrogens is 1. The molecule has 9 heteroatoms. The molecule has 0 saturated heterocycles. The molecule has 152 valence electrons. The summed E-state index contributed by atoms with van der Waals surface area (Å²) in [7, 11) is -3.91. The molecule has 5 aromatic rings. The summed E-state index contributed by atoms with van der Waals surface area (Å²) in [4.78, 5) is 19.8. The molecule has 1 aliphatic heterocycles. The minimum Gasteiger partial charge on any atom is -0.461 e. The van der Waals surface area contributed by atoms with E-state index in [1.807, 2.05) is 0 Å². The van der Waals surface area contributed by atoms with Gasteiger partial charge in [-0.15, -0.1) is 0 Å². The first-order valence-corrected chi connectivity index (χ1v) is 10.9. The standard InChI is InChI=1S/C22H14N4O4S/c27-22-14-4-1-3-13-19(9-8-16(25-22)20(13)14)31(28,29)26-12-6-7-15-17(11-12)24-21(23-15)18-5-2-10-30-18/h1-11,26H,(H,23,24)(H,25,27). The fourth-order valence-electron chi connectivity index (χ4n) is 3.91. The van der Waals surface area contributed by atoms with Crippen molar-refractivity contribution < 1.29 is 17.6 Å². The second-order valence-corrected chi connectivity index (χ2v) is 8.84. The molecule has 0 unspecified atom stereocenters. The van der Waals surface area contributed by atoms with Crippen LogP contribution in [0.25, 0.3) is 33.4 Å². The number of carbonyl (C=O) groups is 1. The van der Waals surface area contributed by atoms with Crippen LogP contribution in [0, 0.1) is 0 Å². The average molecular weight is 430 g/mol. The monoisotopic (exact) mass is 430 g/mol. The van der Waals surface area contributed by atoms with Crippen LogP contribution in [0.4, 0.5) is 11.4 Å². The molecule has 3 N–H and O–H groups in total. The zero-order chi connectivity index (χ0) is 21.2. The van der Waals surface area contributed by atoms with Crippen molar-refractivity contribution >= 4 is 49.1 Å². The lowest BCUT2D eigenvalue weighted by Gasteiger charge is -2.11. The molecule has 3 aromatic carbocycles. The van der Waals surface area contributed by atoms with E-state index in [1.165, 1.54) is 6.07 Å². The summed E-state index contributed by atoms with van der Waals surface area (Å²) in [5, 5.41) is 3.86. The highest BCUT2D eigenvalue weighted by molar-refractivity contribution is 7.93. The summed E-state index contributed by atoms with van der Waals surface area (Å²) in [6, 6.07) is 16.8. The highest BCUT2D eigenvalue weighted by atomic mass is 32.2. The minimum absolute atomic E-state index is 0.102. The lowest BCUT2D eigenvalue weighted by molar-refractivity contribution is 0.103. The normalized spacial score (nSPS) is 13.1. The number of sulfonamides is 1. The molecule has 0 saturated carbocycles. The van der Waals surface area contributed by atoms with Crippen molar-refractivity contribution in [3.05, 3.63) is 72.5 Å². The zero-order valence-corrected chi connectivity index (χ0v) is 16.7. The molecular formula is C22H14N4O4S. The van der Waals surface area contributed by atoms with Crippen LogP contribution in [0.2, 0.25) is 0 Å². The first kappa shape index (κ1) is 17.7. The van der Waals surface area contributed by atoms with Crippen molar-refractivity contribution in [2.24, 2.45) is 0 Å². The quantitative estimate of drug-likeness (QED) is 0.392. The number of hydrogen-bond donors (Lipinski definition) is 3. The number of fused-ring (bicyclic) bond motifs is 1. The highest BCUT2D eigenvalue weighted by Crippen LogP contribution is 2.37. The van der Waals surface area contributed by atoms with E-state index < -0.39 is 10.0 Å². The van der Waals surface area contributed by atoms with Crippen molar-refractivity contribution in [1.29, 1.82) is 0 Å². The molecule has 0 aliphatic carbocycles. The molecule has 0 atom stereocenters. The van der Waals surface area contributed by atoms with Gasteiger partial charge in [0.25, 0.3) is 15.9 Å². The first-order valence-electron chi connectivity index (χ1n) is 9.43. The maximum atomic E-state index is 13.2. The molecule has 0 bridgehead atoms.